The van der Waals surface area contributed by atoms with Crippen LogP contribution in [0, 0.1) is 0 Å². The first-order chi connectivity index (χ1) is 17.8. The van der Waals surface area contributed by atoms with Crippen molar-refractivity contribution in [2.75, 3.05) is 35.6 Å². The van der Waals surface area contributed by atoms with E-state index in [1.54, 1.807) is 0 Å². The Morgan fingerprint density at radius 2 is 1.53 bits per heavy atom. The Hall–Kier alpha value is -3.23. The monoisotopic (exact) mass is 550 g/mol. The summed E-state index contributed by atoms with van der Waals surface area (Å²) in [6.45, 7) is 0.376. The average molecular weight is 551 g/mol. The minimum atomic E-state index is -4.78. The number of rotatable bonds is 10. The summed E-state index contributed by atoms with van der Waals surface area (Å²) in [5, 5.41) is 26.1. The van der Waals surface area contributed by atoms with E-state index in [0.29, 0.717) is 37.9 Å². The van der Waals surface area contributed by atoms with E-state index in [2.05, 4.69) is 16.0 Å². The molecular formula is C24H28F6N4O4. The summed E-state index contributed by atoms with van der Waals surface area (Å²) in [4.78, 5) is 12.0. The third-order valence-corrected chi connectivity index (χ3v) is 6.00. The van der Waals surface area contributed by atoms with Crippen molar-refractivity contribution in [2.45, 2.75) is 50.2 Å². The Kier molecular flexibility index (Phi) is 9.68. The van der Waals surface area contributed by atoms with E-state index in [4.69, 9.17) is 15.2 Å². The maximum atomic E-state index is 13.2. The maximum absolute atomic E-state index is 13.2. The molecule has 0 spiro atoms. The van der Waals surface area contributed by atoms with E-state index in [0.717, 1.165) is 24.3 Å². The van der Waals surface area contributed by atoms with Crippen molar-refractivity contribution in [3.8, 4) is 0 Å². The largest absolute Gasteiger partial charge is 0.418 e. The van der Waals surface area contributed by atoms with Gasteiger partial charge in [-0.25, -0.2) is 0 Å². The molecule has 5 N–H and O–H groups in total. The first kappa shape index (κ1) is 29.3. The van der Waals surface area contributed by atoms with Crippen LogP contribution < -0.4 is 21.2 Å². The van der Waals surface area contributed by atoms with Gasteiger partial charge in [-0.2, -0.15) is 26.3 Å². The fourth-order valence-electron chi connectivity index (χ4n) is 4.07. The van der Waals surface area contributed by atoms with E-state index in [-0.39, 0.29) is 36.9 Å². The molecule has 0 aliphatic heterocycles. The predicted molar refractivity (Wildman–Crippen MR) is 126 cm³/mol. The number of alkyl halides is 6. The van der Waals surface area contributed by atoms with Gasteiger partial charge in [0.1, 0.15) is 12.3 Å². The smallest absolute Gasteiger partial charge is 0.383 e. The Morgan fingerprint density at radius 3 is 2.11 bits per heavy atom. The highest BCUT2D eigenvalue weighted by molar-refractivity contribution is 5.77. The van der Waals surface area contributed by atoms with Crippen molar-refractivity contribution in [2.24, 2.45) is 0 Å². The van der Waals surface area contributed by atoms with E-state index < -0.39 is 34.4 Å². The molecule has 210 valence electrons. The minimum Gasteiger partial charge on any atom is -0.383 e. The molecule has 2 aromatic rings. The van der Waals surface area contributed by atoms with Gasteiger partial charge in [0, 0.05) is 30.5 Å². The number of nitrogens with one attached hydrogen (secondary N) is 3. The summed E-state index contributed by atoms with van der Waals surface area (Å²) in [6.07, 6.45) is -7.00. The molecule has 1 fully saturated rings. The van der Waals surface area contributed by atoms with Gasteiger partial charge < -0.3 is 20.7 Å². The van der Waals surface area contributed by atoms with Crippen LogP contribution >= 0.6 is 0 Å². The first-order valence-electron chi connectivity index (χ1n) is 11.8. The molecule has 1 saturated carbocycles. The number of carbonyl (C=O) groups excluding carboxylic acids is 1. The molecule has 1 aliphatic rings. The second-order valence-corrected chi connectivity index (χ2v) is 8.80. The van der Waals surface area contributed by atoms with Crippen LogP contribution in [0.4, 0.5) is 43.4 Å². The molecule has 0 aromatic heterocycles. The summed E-state index contributed by atoms with van der Waals surface area (Å²) in [6, 6.07) is 7.52. The fraction of sp³-hybridized carbons (Fsp3) is 0.458. The van der Waals surface area contributed by atoms with E-state index in [9.17, 15) is 31.1 Å². The number of benzene rings is 2. The van der Waals surface area contributed by atoms with Gasteiger partial charge in [-0.15, -0.1) is 5.23 Å². The second-order valence-electron chi connectivity index (χ2n) is 8.80. The number of nitrogens with zero attached hydrogens (tertiary/aromatic N) is 1. The zero-order valence-electron chi connectivity index (χ0n) is 20.1. The quantitative estimate of drug-likeness (QED) is 0.156. The lowest BCUT2D eigenvalue weighted by Gasteiger charge is -2.30. The highest BCUT2D eigenvalue weighted by atomic mass is 19.4. The Labute approximate surface area is 214 Å². The number of hydrogen-bond donors (Lipinski definition) is 5. The molecule has 38 heavy (non-hydrogen) atoms. The van der Waals surface area contributed by atoms with Gasteiger partial charge in [0.15, 0.2) is 0 Å². The molecule has 1 amide bonds. The lowest BCUT2D eigenvalue weighted by Crippen LogP contribution is -2.35. The third-order valence-electron chi connectivity index (χ3n) is 6.00. The van der Waals surface area contributed by atoms with Gasteiger partial charge in [0.25, 0.3) is 0 Å². The molecule has 0 bridgehead atoms. The molecule has 1 aliphatic carbocycles. The highest BCUT2D eigenvalue weighted by Gasteiger charge is 2.35. The van der Waals surface area contributed by atoms with Crippen LogP contribution in [0.2, 0.25) is 0 Å². The van der Waals surface area contributed by atoms with Gasteiger partial charge in [0.05, 0.1) is 17.2 Å². The first-order valence-corrected chi connectivity index (χ1v) is 11.8. The summed E-state index contributed by atoms with van der Waals surface area (Å²) < 4.78 is 83.1. The average Bonchev–Trinajstić information content (AvgIpc) is 2.85. The van der Waals surface area contributed by atoms with Gasteiger partial charge in [-0.1, -0.05) is 0 Å². The molecular weight excluding hydrogens is 522 g/mol. The number of ether oxygens (including phenoxy) is 1. The lowest BCUT2D eigenvalue weighted by molar-refractivity contribution is -0.139. The van der Waals surface area contributed by atoms with Crippen LogP contribution in [0.3, 0.4) is 0 Å². The van der Waals surface area contributed by atoms with Crippen LogP contribution in [0.5, 0.6) is 0 Å². The molecule has 0 atom stereocenters. The number of halogens is 6. The summed E-state index contributed by atoms with van der Waals surface area (Å²) in [7, 11) is 0. The van der Waals surface area contributed by atoms with Crippen molar-refractivity contribution >= 4 is 23.0 Å². The molecule has 14 heteroatoms. The lowest BCUT2D eigenvalue weighted by atomic mass is 9.92. The molecule has 0 unspecified atom stereocenters. The van der Waals surface area contributed by atoms with Crippen LogP contribution in [-0.4, -0.2) is 48.2 Å². The number of carbonyl (C=O) groups is 1. The van der Waals surface area contributed by atoms with Crippen LogP contribution in [-0.2, 0) is 21.9 Å². The molecule has 0 radical (unpaired) electrons. The Morgan fingerprint density at radius 1 is 0.895 bits per heavy atom. The predicted octanol–water partition coefficient (Wildman–Crippen LogP) is 5.28. The topological polar surface area (TPSA) is 106 Å². The normalized spacial score (nSPS) is 18.1. The SMILES string of the molecule is O=C(COC1CCC(Nc2ccc(N(O)O)c(C(F)(F)F)c2)CC1)NCCNc1ccc(C(F)(F)F)cc1. The van der Waals surface area contributed by atoms with Gasteiger partial charge >= 0.3 is 12.4 Å². The van der Waals surface area contributed by atoms with Crippen molar-refractivity contribution in [1.82, 2.24) is 5.32 Å². The van der Waals surface area contributed by atoms with Gasteiger partial charge in [-0.3, -0.25) is 15.2 Å². The number of hydrogen-bond acceptors (Lipinski definition) is 7. The van der Waals surface area contributed by atoms with E-state index >= 15 is 0 Å². The van der Waals surface area contributed by atoms with Crippen LogP contribution in [0.15, 0.2) is 42.5 Å². The van der Waals surface area contributed by atoms with Crippen LogP contribution in [0.1, 0.15) is 36.8 Å². The van der Waals surface area contributed by atoms with E-state index in [1.165, 1.54) is 18.2 Å². The molecule has 2 aromatic carbocycles. The number of amides is 1. The number of anilines is 3. The standard InChI is InChI=1S/C24H28F6N4O4/c25-23(26,27)15-1-3-16(4-2-15)31-11-12-32-22(35)14-38-19-8-5-17(6-9-19)33-18-7-10-21(34(36)37)20(13-18)24(28,29)30/h1-4,7,10,13,17,19,31,33,36-37H,5-6,8-9,11-12,14H2,(H,32,35). The Bertz CT molecular complexity index is 1060. The zero-order chi connectivity index (χ0) is 27.9. The second kappa shape index (κ2) is 12.5. The van der Waals surface area contributed by atoms with Crippen molar-refractivity contribution < 1.29 is 46.3 Å². The maximum Gasteiger partial charge on any atom is 0.418 e. The Balaban J connectivity index is 1.34. The fourth-order valence-corrected chi connectivity index (χ4v) is 4.07. The van der Waals surface area contributed by atoms with Crippen LogP contribution in [0.25, 0.3) is 0 Å². The van der Waals surface area contributed by atoms with Gasteiger partial charge in [0.2, 0.25) is 5.91 Å². The molecule has 8 nitrogen and oxygen atoms in total. The summed E-state index contributed by atoms with van der Waals surface area (Å²) >= 11 is 0. The van der Waals surface area contributed by atoms with Crippen molar-refractivity contribution in [3.63, 3.8) is 0 Å². The molecule has 0 saturated heterocycles. The van der Waals surface area contributed by atoms with Crippen molar-refractivity contribution in [1.29, 1.82) is 0 Å². The third kappa shape index (κ3) is 8.67. The minimum absolute atomic E-state index is 0.119. The van der Waals surface area contributed by atoms with Crippen molar-refractivity contribution in [3.05, 3.63) is 53.6 Å². The summed E-state index contributed by atoms with van der Waals surface area (Å²) in [5.74, 6) is -0.346. The molecule has 0 heterocycles. The summed E-state index contributed by atoms with van der Waals surface area (Å²) in [5.41, 5.74) is -2.04. The zero-order valence-corrected chi connectivity index (χ0v) is 20.1. The van der Waals surface area contributed by atoms with Gasteiger partial charge in [-0.05, 0) is 68.1 Å². The van der Waals surface area contributed by atoms with E-state index in [1.807, 2.05) is 0 Å². The molecule has 3 rings (SSSR count). The highest BCUT2D eigenvalue weighted by Crippen LogP contribution is 2.38.